The third-order valence-corrected chi connectivity index (χ3v) is 4.42. The summed E-state index contributed by atoms with van der Waals surface area (Å²) in [6.45, 7) is 2.83. The summed E-state index contributed by atoms with van der Waals surface area (Å²) in [5.41, 5.74) is 1.30. The first-order valence-corrected chi connectivity index (χ1v) is 8.60. The summed E-state index contributed by atoms with van der Waals surface area (Å²) in [5.74, 6) is -1.10. The van der Waals surface area contributed by atoms with Crippen LogP contribution in [-0.2, 0) is 9.53 Å². The summed E-state index contributed by atoms with van der Waals surface area (Å²) in [4.78, 5) is 26.1. The minimum atomic E-state index is -0.566. The van der Waals surface area contributed by atoms with Crippen LogP contribution in [0.5, 0.6) is 0 Å². The Morgan fingerprint density at radius 3 is 2.35 bits per heavy atom. The summed E-state index contributed by atoms with van der Waals surface area (Å²) in [7, 11) is 0. The zero-order chi connectivity index (χ0) is 18.5. The molecule has 3 rings (SSSR count). The maximum atomic E-state index is 13.7. The Bertz CT molecular complexity index is 786. The van der Waals surface area contributed by atoms with Gasteiger partial charge in [-0.2, -0.15) is 0 Å². The Morgan fingerprint density at radius 1 is 1.08 bits per heavy atom. The van der Waals surface area contributed by atoms with Crippen LogP contribution in [0.3, 0.4) is 0 Å². The normalized spacial score (nSPS) is 14.7. The van der Waals surface area contributed by atoms with Crippen LogP contribution in [0.15, 0.2) is 48.5 Å². The maximum absolute atomic E-state index is 13.7. The Kier molecular flexibility index (Phi) is 5.63. The Balaban J connectivity index is 1.73. The van der Waals surface area contributed by atoms with Gasteiger partial charge in [0.1, 0.15) is 5.82 Å². The Hall–Kier alpha value is -2.73. The lowest BCUT2D eigenvalue weighted by Crippen LogP contribution is -2.42. The van der Waals surface area contributed by atoms with Crippen molar-refractivity contribution >= 4 is 23.2 Å². The molecule has 1 saturated heterocycles. The van der Waals surface area contributed by atoms with E-state index in [1.165, 1.54) is 18.2 Å². The number of hydrogen-bond acceptors (Lipinski definition) is 3. The fourth-order valence-corrected chi connectivity index (χ4v) is 3.14. The number of rotatable bonds is 4. The molecule has 2 aromatic carbocycles. The fourth-order valence-electron chi connectivity index (χ4n) is 3.14. The lowest BCUT2D eigenvalue weighted by atomic mass is 10.1. The monoisotopic (exact) mass is 356 g/mol. The predicted octanol–water partition coefficient (Wildman–Crippen LogP) is 3.61. The first-order valence-electron chi connectivity index (χ1n) is 8.60. The number of hydrogen-bond donors (Lipinski definition) is 1. The number of benzene rings is 2. The van der Waals surface area contributed by atoms with E-state index in [2.05, 4.69) is 5.32 Å². The molecule has 5 nitrogen and oxygen atoms in total. The van der Waals surface area contributed by atoms with E-state index in [0.717, 1.165) is 18.5 Å². The zero-order valence-electron chi connectivity index (χ0n) is 14.6. The molecule has 1 heterocycles. The van der Waals surface area contributed by atoms with Gasteiger partial charge in [0.2, 0.25) is 5.91 Å². The second-order valence-electron chi connectivity index (χ2n) is 6.21. The molecule has 0 unspecified atom stereocenters. The molecule has 136 valence electrons. The summed E-state index contributed by atoms with van der Waals surface area (Å²) in [6, 6.07) is 12.9. The van der Waals surface area contributed by atoms with Crippen molar-refractivity contribution < 1.29 is 18.7 Å². The van der Waals surface area contributed by atoms with Crippen molar-refractivity contribution in [2.45, 2.75) is 25.8 Å². The van der Waals surface area contributed by atoms with E-state index in [1.807, 2.05) is 0 Å². The Labute approximate surface area is 151 Å². The molecule has 0 atom stereocenters. The number of nitrogens with one attached hydrogen (secondary N) is 1. The zero-order valence-corrected chi connectivity index (χ0v) is 14.6. The molecule has 1 fully saturated rings. The number of halogens is 1. The SMILES string of the molecule is CC(=O)N(c1ccc(NC(=O)c2ccccc2F)cc1)C1CCOCC1. The summed E-state index contributed by atoms with van der Waals surface area (Å²) < 4.78 is 19.1. The summed E-state index contributed by atoms with van der Waals surface area (Å²) >= 11 is 0. The van der Waals surface area contributed by atoms with Gasteiger partial charge in [0.05, 0.1) is 5.56 Å². The van der Waals surface area contributed by atoms with Gasteiger partial charge in [0.15, 0.2) is 0 Å². The van der Waals surface area contributed by atoms with Crippen molar-refractivity contribution in [2.75, 3.05) is 23.4 Å². The third-order valence-electron chi connectivity index (χ3n) is 4.42. The smallest absolute Gasteiger partial charge is 0.258 e. The van der Waals surface area contributed by atoms with Gasteiger partial charge in [-0.05, 0) is 49.2 Å². The standard InChI is InChI=1S/C20H21FN2O3/c1-14(24)23(17-10-12-26-13-11-17)16-8-6-15(7-9-16)22-20(25)18-4-2-3-5-19(18)21/h2-9,17H,10-13H2,1H3,(H,22,25). The molecule has 26 heavy (non-hydrogen) atoms. The fraction of sp³-hybridized carbons (Fsp3) is 0.300. The van der Waals surface area contributed by atoms with Crippen LogP contribution in [0.4, 0.5) is 15.8 Å². The van der Waals surface area contributed by atoms with Crippen LogP contribution in [0, 0.1) is 5.82 Å². The third kappa shape index (κ3) is 4.08. The number of carbonyl (C=O) groups is 2. The number of ether oxygens (including phenoxy) is 1. The van der Waals surface area contributed by atoms with E-state index < -0.39 is 11.7 Å². The number of carbonyl (C=O) groups excluding carboxylic acids is 2. The molecule has 2 aromatic rings. The van der Waals surface area contributed by atoms with Gasteiger partial charge in [-0.1, -0.05) is 12.1 Å². The second kappa shape index (κ2) is 8.10. The number of amides is 2. The summed E-state index contributed by atoms with van der Waals surface area (Å²) in [5, 5.41) is 2.67. The highest BCUT2D eigenvalue weighted by Crippen LogP contribution is 2.25. The molecule has 1 aliphatic rings. The molecule has 0 aromatic heterocycles. The average molecular weight is 356 g/mol. The van der Waals surface area contributed by atoms with Gasteiger partial charge in [0, 0.05) is 37.6 Å². The maximum Gasteiger partial charge on any atom is 0.258 e. The van der Waals surface area contributed by atoms with Crippen LogP contribution >= 0.6 is 0 Å². The van der Waals surface area contributed by atoms with Crippen LogP contribution in [-0.4, -0.2) is 31.1 Å². The predicted molar refractivity (Wildman–Crippen MR) is 97.8 cm³/mol. The molecule has 1 aliphatic heterocycles. The highest BCUT2D eigenvalue weighted by atomic mass is 19.1. The molecule has 0 aliphatic carbocycles. The van der Waals surface area contributed by atoms with Crippen LogP contribution in [0.1, 0.15) is 30.1 Å². The van der Waals surface area contributed by atoms with Crippen molar-refractivity contribution in [2.24, 2.45) is 0 Å². The van der Waals surface area contributed by atoms with Crippen LogP contribution in [0.25, 0.3) is 0 Å². The van der Waals surface area contributed by atoms with E-state index in [0.29, 0.717) is 18.9 Å². The molecular formula is C20H21FN2O3. The first-order chi connectivity index (χ1) is 12.6. The minimum Gasteiger partial charge on any atom is -0.381 e. The molecule has 0 spiro atoms. The lowest BCUT2D eigenvalue weighted by molar-refractivity contribution is -0.117. The van der Waals surface area contributed by atoms with Gasteiger partial charge in [-0.3, -0.25) is 9.59 Å². The highest BCUT2D eigenvalue weighted by molar-refractivity contribution is 6.04. The van der Waals surface area contributed by atoms with E-state index in [1.54, 1.807) is 42.2 Å². The molecule has 1 N–H and O–H groups in total. The molecule has 0 bridgehead atoms. The van der Waals surface area contributed by atoms with Crippen LogP contribution < -0.4 is 10.2 Å². The van der Waals surface area contributed by atoms with Gasteiger partial charge < -0.3 is 15.0 Å². The van der Waals surface area contributed by atoms with Crippen molar-refractivity contribution in [3.63, 3.8) is 0 Å². The van der Waals surface area contributed by atoms with E-state index in [9.17, 15) is 14.0 Å². The van der Waals surface area contributed by atoms with Gasteiger partial charge >= 0.3 is 0 Å². The van der Waals surface area contributed by atoms with Gasteiger partial charge in [-0.25, -0.2) is 4.39 Å². The lowest BCUT2D eigenvalue weighted by Gasteiger charge is -2.33. The molecule has 2 amide bonds. The molecule has 6 heteroatoms. The van der Waals surface area contributed by atoms with Crippen LogP contribution in [0.2, 0.25) is 0 Å². The topological polar surface area (TPSA) is 58.6 Å². The highest BCUT2D eigenvalue weighted by Gasteiger charge is 2.25. The van der Waals surface area contributed by atoms with E-state index in [-0.39, 0.29) is 17.5 Å². The van der Waals surface area contributed by atoms with Crippen molar-refractivity contribution in [3.8, 4) is 0 Å². The molecular weight excluding hydrogens is 335 g/mol. The van der Waals surface area contributed by atoms with Crippen molar-refractivity contribution in [3.05, 3.63) is 59.9 Å². The molecule has 0 saturated carbocycles. The quantitative estimate of drug-likeness (QED) is 0.910. The first kappa shape index (κ1) is 18.1. The summed E-state index contributed by atoms with van der Waals surface area (Å²) in [6.07, 6.45) is 1.59. The second-order valence-corrected chi connectivity index (χ2v) is 6.21. The minimum absolute atomic E-state index is 0.0101. The number of anilines is 2. The average Bonchev–Trinajstić information content (AvgIpc) is 2.64. The number of nitrogens with zero attached hydrogens (tertiary/aromatic N) is 1. The van der Waals surface area contributed by atoms with Crippen molar-refractivity contribution in [1.29, 1.82) is 0 Å². The van der Waals surface area contributed by atoms with E-state index in [4.69, 9.17) is 4.74 Å². The largest absolute Gasteiger partial charge is 0.381 e. The molecule has 0 radical (unpaired) electrons. The Morgan fingerprint density at radius 2 is 1.73 bits per heavy atom. The van der Waals surface area contributed by atoms with Gasteiger partial charge in [-0.15, -0.1) is 0 Å². The van der Waals surface area contributed by atoms with Crippen molar-refractivity contribution in [1.82, 2.24) is 0 Å². The van der Waals surface area contributed by atoms with E-state index >= 15 is 0 Å². The van der Waals surface area contributed by atoms with Gasteiger partial charge in [0.25, 0.3) is 5.91 Å².